The summed E-state index contributed by atoms with van der Waals surface area (Å²) in [5.41, 5.74) is 0.774. The largest absolute Gasteiger partial charge is 0.348 e. The SMILES string of the molecule is O=C(Cl)N1CCN(N=Cc2cccnc2)C1=O. The number of carbonyl (C=O) groups excluding carboxylic acids is 2. The van der Waals surface area contributed by atoms with Gasteiger partial charge < -0.3 is 0 Å². The summed E-state index contributed by atoms with van der Waals surface area (Å²) in [6.07, 6.45) is 4.77. The van der Waals surface area contributed by atoms with Crippen molar-refractivity contribution >= 4 is 29.2 Å². The lowest BCUT2D eigenvalue weighted by Gasteiger charge is -2.09. The van der Waals surface area contributed by atoms with E-state index in [1.54, 1.807) is 18.5 Å². The van der Waals surface area contributed by atoms with Gasteiger partial charge in [0.15, 0.2) is 0 Å². The maximum Gasteiger partial charge on any atom is 0.348 e. The minimum absolute atomic E-state index is 0.256. The molecule has 88 valence electrons. The number of aromatic nitrogens is 1. The van der Waals surface area contributed by atoms with Crippen LogP contribution >= 0.6 is 11.6 Å². The fourth-order valence-corrected chi connectivity index (χ4v) is 1.54. The quantitative estimate of drug-likeness (QED) is 0.455. The molecule has 0 aliphatic carbocycles. The highest BCUT2D eigenvalue weighted by Crippen LogP contribution is 2.11. The molecule has 6 nitrogen and oxygen atoms in total. The van der Waals surface area contributed by atoms with E-state index in [2.05, 4.69) is 10.1 Å². The first-order chi connectivity index (χ1) is 8.18. The smallest absolute Gasteiger partial charge is 0.264 e. The zero-order valence-corrected chi connectivity index (χ0v) is 9.54. The van der Waals surface area contributed by atoms with Gasteiger partial charge in [-0.05, 0) is 17.7 Å². The van der Waals surface area contributed by atoms with Crippen molar-refractivity contribution in [3.05, 3.63) is 30.1 Å². The molecule has 17 heavy (non-hydrogen) atoms. The Morgan fingerprint density at radius 1 is 1.53 bits per heavy atom. The Morgan fingerprint density at radius 3 is 2.94 bits per heavy atom. The molecule has 0 radical (unpaired) electrons. The van der Waals surface area contributed by atoms with Crippen LogP contribution in [-0.2, 0) is 0 Å². The summed E-state index contributed by atoms with van der Waals surface area (Å²) in [6, 6.07) is 3.06. The van der Waals surface area contributed by atoms with Crippen LogP contribution in [0.4, 0.5) is 9.59 Å². The Kier molecular flexibility index (Phi) is 3.34. The van der Waals surface area contributed by atoms with Crippen LogP contribution < -0.4 is 0 Å². The summed E-state index contributed by atoms with van der Waals surface area (Å²) in [5.74, 6) is 0. The number of carbonyl (C=O) groups is 2. The van der Waals surface area contributed by atoms with Crippen LogP contribution in [0, 0.1) is 0 Å². The highest BCUT2D eigenvalue weighted by molar-refractivity contribution is 6.64. The van der Waals surface area contributed by atoms with Crippen molar-refractivity contribution in [2.75, 3.05) is 13.1 Å². The third kappa shape index (κ3) is 2.59. The molecule has 2 rings (SSSR count). The number of hydrogen-bond acceptors (Lipinski definition) is 4. The van der Waals surface area contributed by atoms with Crippen molar-refractivity contribution in [3.8, 4) is 0 Å². The predicted octanol–water partition coefficient (Wildman–Crippen LogP) is 1.51. The van der Waals surface area contributed by atoms with Crippen molar-refractivity contribution < 1.29 is 9.59 Å². The Hall–Kier alpha value is -1.95. The third-order valence-electron chi connectivity index (χ3n) is 2.23. The van der Waals surface area contributed by atoms with Gasteiger partial charge in [-0.25, -0.2) is 14.7 Å². The zero-order chi connectivity index (χ0) is 12.3. The van der Waals surface area contributed by atoms with E-state index in [-0.39, 0.29) is 6.54 Å². The molecule has 1 fully saturated rings. The van der Waals surface area contributed by atoms with Gasteiger partial charge in [0.05, 0.1) is 19.3 Å². The van der Waals surface area contributed by atoms with Gasteiger partial charge >= 0.3 is 11.4 Å². The average Bonchev–Trinajstić information content (AvgIpc) is 2.69. The predicted molar refractivity (Wildman–Crippen MR) is 61.9 cm³/mol. The standard InChI is InChI=1S/C10H9ClN4O2/c11-9(16)14-4-5-15(10(14)17)13-7-8-2-1-3-12-6-8/h1-3,6-7H,4-5H2. The maximum atomic E-state index is 11.6. The highest BCUT2D eigenvalue weighted by Gasteiger charge is 2.31. The number of halogens is 1. The van der Waals surface area contributed by atoms with Gasteiger partial charge in [-0.15, -0.1) is 0 Å². The minimum atomic E-state index is -0.783. The molecule has 7 heteroatoms. The second-order valence-electron chi connectivity index (χ2n) is 3.34. The molecule has 1 saturated heterocycles. The first kappa shape index (κ1) is 11.5. The number of amides is 3. The van der Waals surface area contributed by atoms with Crippen molar-refractivity contribution in [1.82, 2.24) is 14.9 Å². The number of hydrogen-bond donors (Lipinski definition) is 0. The highest BCUT2D eigenvalue weighted by atomic mass is 35.5. The molecule has 0 N–H and O–H groups in total. The van der Waals surface area contributed by atoms with Crippen LogP contribution in [0.1, 0.15) is 5.56 Å². The van der Waals surface area contributed by atoms with E-state index in [9.17, 15) is 9.59 Å². The zero-order valence-electron chi connectivity index (χ0n) is 8.78. The molecule has 0 aromatic carbocycles. The Bertz CT molecular complexity index is 463. The van der Waals surface area contributed by atoms with Crippen molar-refractivity contribution in [2.45, 2.75) is 0 Å². The van der Waals surface area contributed by atoms with Gasteiger partial charge in [-0.1, -0.05) is 6.07 Å². The van der Waals surface area contributed by atoms with Crippen molar-refractivity contribution in [1.29, 1.82) is 0 Å². The van der Waals surface area contributed by atoms with Crippen molar-refractivity contribution in [3.63, 3.8) is 0 Å². The van der Waals surface area contributed by atoms with E-state index in [1.165, 1.54) is 11.2 Å². The molecule has 1 aliphatic rings. The summed E-state index contributed by atoms with van der Waals surface area (Å²) in [7, 11) is 0. The van der Waals surface area contributed by atoms with Crippen LogP contribution in [0.2, 0.25) is 0 Å². The molecule has 1 aliphatic heterocycles. The van der Waals surface area contributed by atoms with Crippen LogP contribution in [-0.4, -0.2) is 45.6 Å². The third-order valence-corrected chi connectivity index (χ3v) is 2.43. The monoisotopic (exact) mass is 252 g/mol. The van der Waals surface area contributed by atoms with Gasteiger partial charge in [-0.3, -0.25) is 9.78 Å². The van der Waals surface area contributed by atoms with E-state index in [0.717, 1.165) is 10.5 Å². The molecule has 0 unspecified atom stereocenters. The van der Waals surface area contributed by atoms with Gasteiger partial charge in [0.1, 0.15) is 0 Å². The van der Waals surface area contributed by atoms with Crippen LogP contribution in [0.3, 0.4) is 0 Å². The van der Waals surface area contributed by atoms with Gasteiger partial charge in [0.25, 0.3) is 0 Å². The second-order valence-corrected chi connectivity index (χ2v) is 3.66. The summed E-state index contributed by atoms with van der Waals surface area (Å²) in [5, 5.41) is 4.38. The van der Waals surface area contributed by atoms with E-state index in [1.807, 2.05) is 6.07 Å². The lowest BCUT2D eigenvalue weighted by Crippen LogP contribution is -2.30. The van der Waals surface area contributed by atoms with E-state index < -0.39 is 11.4 Å². The molecule has 0 spiro atoms. The fraction of sp³-hybridized carbons (Fsp3) is 0.200. The second kappa shape index (κ2) is 4.92. The Labute approximate surface area is 102 Å². The van der Waals surface area contributed by atoms with Crippen molar-refractivity contribution in [2.24, 2.45) is 5.10 Å². The first-order valence-corrected chi connectivity index (χ1v) is 5.29. The molecule has 0 saturated carbocycles. The molecule has 1 aromatic rings. The fourth-order valence-electron chi connectivity index (χ4n) is 1.38. The normalized spacial score (nSPS) is 15.9. The topological polar surface area (TPSA) is 65.9 Å². The summed E-state index contributed by atoms with van der Waals surface area (Å²) in [6.45, 7) is 0.597. The molecule has 2 heterocycles. The molecule has 3 amide bonds. The number of hydrazone groups is 1. The molecule has 1 aromatic heterocycles. The summed E-state index contributed by atoms with van der Waals surface area (Å²) >= 11 is 5.24. The summed E-state index contributed by atoms with van der Waals surface area (Å²) in [4.78, 5) is 27.3. The Balaban J connectivity index is 2.04. The molecular formula is C10H9ClN4O2. The summed E-state index contributed by atoms with van der Waals surface area (Å²) < 4.78 is 0. The average molecular weight is 253 g/mol. The lowest BCUT2D eigenvalue weighted by molar-refractivity contribution is 0.195. The maximum absolute atomic E-state index is 11.6. The van der Waals surface area contributed by atoms with E-state index in [0.29, 0.717) is 6.54 Å². The molecular weight excluding hydrogens is 244 g/mol. The number of urea groups is 1. The minimum Gasteiger partial charge on any atom is -0.264 e. The van der Waals surface area contributed by atoms with Gasteiger partial charge in [0, 0.05) is 18.0 Å². The van der Waals surface area contributed by atoms with Crippen LogP contribution in [0.15, 0.2) is 29.6 Å². The van der Waals surface area contributed by atoms with Gasteiger partial charge in [0.2, 0.25) is 0 Å². The first-order valence-electron chi connectivity index (χ1n) is 4.91. The van der Waals surface area contributed by atoms with Crippen LogP contribution in [0.5, 0.6) is 0 Å². The molecule has 0 bridgehead atoms. The number of pyridine rings is 1. The number of imide groups is 1. The van der Waals surface area contributed by atoms with E-state index >= 15 is 0 Å². The molecule has 0 atom stereocenters. The van der Waals surface area contributed by atoms with E-state index in [4.69, 9.17) is 11.6 Å². The lowest BCUT2D eigenvalue weighted by atomic mass is 10.3. The number of rotatable bonds is 2. The van der Waals surface area contributed by atoms with Gasteiger partial charge in [-0.2, -0.15) is 5.10 Å². The number of nitrogens with zero attached hydrogens (tertiary/aromatic N) is 4. The Morgan fingerprint density at radius 2 is 2.35 bits per heavy atom. The van der Waals surface area contributed by atoms with Crippen LogP contribution in [0.25, 0.3) is 0 Å².